The molecule has 1 aliphatic rings. The van der Waals surface area contributed by atoms with E-state index in [1.165, 1.54) is 24.3 Å². The van der Waals surface area contributed by atoms with Crippen molar-refractivity contribution in [2.45, 2.75) is 11.8 Å². The highest BCUT2D eigenvalue weighted by Gasteiger charge is 2.60. The molecule has 1 fully saturated rings. The predicted molar refractivity (Wildman–Crippen MR) is 69.3 cm³/mol. The third-order valence-corrected chi connectivity index (χ3v) is 3.98. The van der Waals surface area contributed by atoms with Crippen LogP contribution in [0.2, 0.25) is 0 Å². The van der Waals surface area contributed by atoms with Crippen LogP contribution in [-0.4, -0.2) is 11.1 Å². The van der Waals surface area contributed by atoms with Crippen LogP contribution in [0.1, 0.15) is 17.5 Å². The molecule has 0 aliphatic heterocycles. The molecule has 1 atom stereocenters. The van der Waals surface area contributed by atoms with Gasteiger partial charge in [-0.15, -0.1) is 0 Å². The monoisotopic (exact) mass is 274 g/mol. The van der Waals surface area contributed by atoms with Gasteiger partial charge in [0, 0.05) is 5.41 Å². The molecule has 20 heavy (non-hydrogen) atoms. The first-order valence-corrected chi connectivity index (χ1v) is 6.29. The lowest BCUT2D eigenvalue weighted by atomic mass is 9.85. The second-order valence-electron chi connectivity index (χ2n) is 5.08. The summed E-state index contributed by atoms with van der Waals surface area (Å²) in [4.78, 5) is 11.3. The molecule has 1 aliphatic carbocycles. The summed E-state index contributed by atoms with van der Waals surface area (Å²) in [6.45, 7) is 0. The molecule has 0 amide bonds. The third-order valence-electron chi connectivity index (χ3n) is 3.98. The number of carbonyl (C=O) groups is 1. The van der Waals surface area contributed by atoms with E-state index >= 15 is 0 Å². The summed E-state index contributed by atoms with van der Waals surface area (Å²) in [7, 11) is 0. The summed E-state index contributed by atoms with van der Waals surface area (Å²) in [5, 5.41) is 9.27. The van der Waals surface area contributed by atoms with Gasteiger partial charge in [0.25, 0.3) is 0 Å². The fourth-order valence-corrected chi connectivity index (χ4v) is 2.86. The second-order valence-corrected chi connectivity index (χ2v) is 5.08. The highest BCUT2D eigenvalue weighted by atomic mass is 19.1. The Bertz CT molecular complexity index is 602. The summed E-state index contributed by atoms with van der Waals surface area (Å²) in [5.41, 5.74) is 0.823. The van der Waals surface area contributed by atoms with Gasteiger partial charge in [0.1, 0.15) is 11.6 Å². The molecule has 1 saturated carbocycles. The van der Waals surface area contributed by atoms with Crippen LogP contribution >= 0.6 is 0 Å². The maximum Gasteiger partial charge on any atom is 0.307 e. The molecule has 0 bridgehead atoms. The first-order chi connectivity index (χ1) is 9.54. The van der Waals surface area contributed by atoms with E-state index in [9.17, 15) is 18.7 Å². The molecule has 0 saturated heterocycles. The van der Waals surface area contributed by atoms with E-state index in [4.69, 9.17) is 0 Å². The van der Waals surface area contributed by atoms with Crippen LogP contribution in [-0.2, 0) is 10.2 Å². The van der Waals surface area contributed by atoms with Crippen molar-refractivity contribution in [2.75, 3.05) is 0 Å². The minimum absolute atomic E-state index is 0.365. The van der Waals surface area contributed by atoms with Gasteiger partial charge in [-0.05, 0) is 41.8 Å². The average Bonchev–Trinajstić information content (AvgIpc) is 3.17. The summed E-state index contributed by atoms with van der Waals surface area (Å²) in [6, 6.07) is 11.7. The molecule has 0 aromatic heterocycles. The lowest BCUT2D eigenvalue weighted by molar-refractivity contribution is -0.138. The van der Waals surface area contributed by atoms with E-state index in [0.29, 0.717) is 6.42 Å². The number of rotatable bonds is 3. The van der Waals surface area contributed by atoms with Gasteiger partial charge < -0.3 is 5.11 Å². The van der Waals surface area contributed by atoms with E-state index in [0.717, 1.165) is 11.1 Å². The van der Waals surface area contributed by atoms with Crippen LogP contribution in [0.4, 0.5) is 8.78 Å². The fourth-order valence-electron chi connectivity index (χ4n) is 2.86. The van der Waals surface area contributed by atoms with E-state index in [2.05, 4.69) is 0 Å². The number of benzene rings is 2. The minimum Gasteiger partial charge on any atom is -0.481 e. The molecular weight excluding hydrogens is 262 g/mol. The van der Waals surface area contributed by atoms with E-state index < -0.39 is 17.3 Å². The zero-order valence-corrected chi connectivity index (χ0v) is 10.5. The van der Waals surface area contributed by atoms with Gasteiger partial charge in [-0.2, -0.15) is 0 Å². The largest absolute Gasteiger partial charge is 0.481 e. The number of carboxylic acid groups (broad SMARTS) is 1. The summed E-state index contributed by atoms with van der Waals surface area (Å²) in [5.74, 6) is -2.18. The Labute approximate surface area is 114 Å². The molecule has 2 aromatic rings. The molecule has 2 nitrogen and oxygen atoms in total. The van der Waals surface area contributed by atoms with Gasteiger partial charge in [0.2, 0.25) is 0 Å². The third kappa shape index (κ3) is 1.88. The second kappa shape index (κ2) is 4.40. The molecule has 3 rings (SSSR count). The van der Waals surface area contributed by atoms with Crippen molar-refractivity contribution in [1.29, 1.82) is 0 Å². The Balaban J connectivity index is 2.09. The number of hydrogen-bond acceptors (Lipinski definition) is 1. The fraction of sp³-hybridized carbons (Fsp3) is 0.188. The Morgan fingerprint density at radius 3 is 1.65 bits per heavy atom. The summed E-state index contributed by atoms with van der Waals surface area (Å²) < 4.78 is 26.1. The molecule has 4 heteroatoms. The maximum atomic E-state index is 13.0. The Hall–Kier alpha value is -2.23. The lowest BCUT2D eigenvalue weighted by Crippen LogP contribution is -2.16. The van der Waals surface area contributed by atoms with Crippen molar-refractivity contribution < 1.29 is 18.7 Å². The molecule has 0 heterocycles. The highest BCUT2D eigenvalue weighted by molar-refractivity contribution is 5.79. The van der Waals surface area contributed by atoms with Crippen LogP contribution in [0.25, 0.3) is 0 Å². The molecule has 0 unspecified atom stereocenters. The van der Waals surface area contributed by atoms with Crippen LogP contribution in [0.3, 0.4) is 0 Å². The van der Waals surface area contributed by atoms with Gasteiger partial charge in [0.05, 0.1) is 5.92 Å². The van der Waals surface area contributed by atoms with Crippen molar-refractivity contribution in [3.63, 3.8) is 0 Å². The van der Waals surface area contributed by atoms with Crippen LogP contribution in [0.5, 0.6) is 0 Å². The summed E-state index contributed by atoms with van der Waals surface area (Å²) in [6.07, 6.45) is 0.444. The van der Waals surface area contributed by atoms with E-state index in [-0.39, 0.29) is 11.6 Å². The van der Waals surface area contributed by atoms with Gasteiger partial charge in [-0.3, -0.25) is 4.79 Å². The number of carboxylic acids is 1. The number of aliphatic carboxylic acids is 1. The van der Waals surface area contributed by atoms with Gasteiger partial charge in [-0.25, -0.2) is 8.78 Å². The molecule has 1 N–H and O–H groups in total. The SMILES string of the molecule is O=C(O)[C@@H]1CC1(c1ccc(F)cc1)c1ccc(F)cc1. The number of hydrogen-bond donors (Lipinski definition) is 1. The molecule has 2 aromatic carbocycles. The molecule has 0 spiro atoms. The standard InChI is InChI=1S/C16H12F2O2/c17-12-5-1-10(2-6-12)16(9-14(16)15(19)20)11-3-7-13(18)8-4-11/h1-8,14H,9H2,(H,19,20)/t14-/m0/s1. The van der Waals surface area contributed by atoms with Crippen LogP contribution < -0.4 is 0 Å². The molecule has 0 radical (unpaired) electrons. The number of halogens is 2. The highest BCUT2D eigenvalue weighted by Crippen LogP contribution is 2.58. The van der Waals surface area contributed by atoms with E-state index in [1.54, 1.807) is 24.3 Å². The maximum absolute atomic E-state index is 13.0. The minimum atomic E-state index is -0.890. The van der Waals surface area contributed by atoms with Gasteiger partial charge in [-0.1, -0.05) is 24.3 Å². The van der Waals surface area contributed by atoms with Crippen molar-refractivity contribution in [1.82, 2.24) is 0 Å². The van der Waals surface area contributed by atoms with Gasteiger partial charge in [0.15, 0.2) is 0 Å². The van der Waals surface area contributed by atoms with Crippen molar-refractivity contribution in [3.05, 3.63) is 71.3 Å². The molecule has 102 valence electrons. The smallest absolute Gasteiger partial charge is 0.307 e. The normalized spacial score (nSPS) is 19.6. The zero-order chi connectivity index (χ0) is 14.3. The Morgan fingerprint density at radius 2 is 1.35 bits per heavy atom. The quantitative estimate of drug-likeness (QED) is 0.931. The van der Waals surface area contributed by atoms with Gasteiger partial charge >= 0.3 is 5.97 Å². The summed E-state index contributed by atoms with van der Waals surface area (Å²) >= 11 is 0. The van der Waals surface area contributed by atoms with Crippen molar-refractivity contribution in [3.8, 4) is 0 Å². The lowest BCUT2D eigenvalue weighted by Gasteiger charge is -2.18. The predicted octanol–water partition coefficient (Wildman–Crippen LogP) is 3.36. The van der Waals surface area contributed by atoms with Crippen molar-refractivity contribution in [2.24, 2.45) is 5.92 Å². The van der Waals surface area contributed by atoms with E-state index in [1.807, 2.05) is 0 Å². The first-order valence-electron chi connectivity index (χ1n) is 6.29. The Kier molecular flexibility index (Phi) is 2.82. The zero-order valence-electron chi connectivity index (χ0n) is 10.5. The average molecular weight is 274 g/mol. The van der Waals surface area contributed by atoms with Crippen LogP contribution in [0.15, 0.2) is 48.5 Å². The first kappa shape index (κ1) is 12.8. The van der Waals surface area contributed by atoms with Crippen molar-refractivity contribution >= 4 is 5.97 Å². The topological polar surface area (TPSA) is 37.3 Å². The Morgan fingerprint density at radius 1 is 0.950 bits per heavy atom. The molecular formula is C16H12F2O2. The van der Waals surface area contributed by atoms with Crippen LogP contribution in [0, 0.1) is 17.6 Å².